The molecule has 0 aliphatic heterocycles. The maximum absolute atomic E-state index is 12.8. The number of anilines is 1. The Balaban J connectivity index is 2.59. The van der Waals surface area contributed by atoms with E-state index in [0.717, 1.165) is 0 Å². The largest absolute Gasteiger partial charge is 0.497 e. The topological polar surface area (TPSA) is 63.9 Å². The Hall–Kier alpha value is -2.18. The molecule has 7 heteroatoms. The van der Waals surface area contributed by atoms with Crippen molar-refractivity contribution >= 4 is 5.82 Å². The second-order valence-electron chi connectivity index (χ2n) is 3.59. The highest BCUT2D eigenvalue weighted by atomic mass is 19.4. The van der Waals surface area contributed by atoms with Crippen molar-refractivity contribution in [3.63, 3.8) is 0 Å². The molecule has 0 unspecified atom stereocenters. The fourth-order valence-electron chi connectivity index (χ4n) is 1.63. The van der Waals surface area contributed by atoms with Crippen LogP contribution in [0.25, 0.3) is 11.1 Å². The lowest BCUT2D eigenvalue weighted by atomic mass is 10.0. The number of aromatic nitrogens is 2. The van der Waals surface area contributed by atoms with Crippen molar-refractivity contribution in [3.8, 4) is 16.9 Å². The number of alkyl halides is 3. The number of hydrogen-bond donors (Lipinski definition) is 2. The van der Waals surface area contributed by atoms with Crippen LogP contribution >= 0.6 is 0 Å². The van der Waals surface area contributed by atoms with Gasteiger partial charge in [-0.2, -0.15) is 18.3 Å². The molecule has 0 saturated carbocycles. The number of nitrogen functional groups attached to an aromatic ring is 1. The number of methoxy groups -OCH3 is 1. The van der Waals surface area contributed by atoms with E-state index < -0.39 is 11.9 Å². The molecule has 0 radical (unpaired) electrons. The standard InChI is InChI=1S/C11H10F3N3O/c1-18-7-4-2-3-6(5-7)8-9(11(12,13)14)16-17-10(8)15/h2-5H,1H3,(H3,15,16,17). The number of nitrogens with one attached hydrogen (secondary N) is 1. The third-order valence-corrected chi connectivity index (χ3v) is 2.42. The van der Waals surface area contributed by atoms with Gasteiger partial charge in [0.1, 0.15) is 11.6 Å². The van der Waals surface area contributed by atoms with Crippen LogP contribution < -0.4 is 10.5 Å². The fourth-order valence-corrected chi connectivity index (χ4v) is 1.63. The van der Waals surface area contributed by atoms with Gasteiger partial charge in [-0.3, -0.25) is 5.10 Å². The Kier molecular flexibility index (Phi) is 2.90. The molecule has 2 rings (SSSR count). The maximum atomic E-state index is 12.8. The second kappa shape index (κ2) is 4.25. The van der Waals surface area contributed by atoms with E-state index in [9.17, 15) is 13.2 Å². The van der Waals surface area contributed by atoms with Crippen molar-refractivity contribution in [2.75, 3.05) is 12.8 Å². The minimum absolute atomic E-state index is 0.129. The first kappa shape index (κ1) is 12.3. The molecule has 2 aromatic rings. The van der Waals surface area contributed by atoms with Crippen LogP contribution in [0.2, 0.25) is 0 Å². The summed E-state index contributed by atoms with van der Waals surface area (Å²) in [5.41, 5.74) is 4.60. The first-order chi connectivity index (χ1) is 8.43. The van der Waals surface area contributed by atoms with E-state index in [-0.39, 0.29) is 11.4 Å². The molecule has 0 atom stereocenters. The van der Waals surface area contributed by atoms with Crippen LogP contribution in [0.1, 0.15) is 5.69 Å². The third kappa shape index (κ3) is 2.11. The zero-order valence-electron chi connectivity index (χ0n) is 9.38. The molecule has 0 amide bonds. The average Bonchev–Trinajstić information content (AvgIpc) is 2.71. The molecule has 0 bridgehead atoms. The molecule has 0 fully saturated rings. The van der Waals surface area contributed by atoms with Crippen LogP contribution in [0.5, 0.6) is 5.75 Å². The molecule has 1 aromatic carbocycles. The van der Waals surface area contributed by atoms with Crippen molar-refractivity contribution in [2.45, 2.75) is 6.18 Å². The summed E-state index contributed by atoms with van der Waals surface area (Å²) in [7, 11) is 1.43. The third-order valence-electron chi connectivity index (χ3n) is 2.42. The SMILES string of the molecule is COc1cccc(-c2c(C(F)(F)F)n[nH]c2N)c1. The summed E-state index contributed by atoms with van der Waals surface area (Å²) < 4.78 is 43.2. The summed E-state index contributed by atoms with van der Waals surface area (Å²) in [6.45, 7) is 0. The molecule has 3 N–H and O–H groups in total. The van der Waals surface area contributed by atoms with Gasteiger partial charge in [-0.25, -0.2) is 0 Å². The van der Waals surface area contributed by atoms with Crippen LogP contribution in [0, 0.1) is 0 Å². The van der Waals surface area contributed by atoms with Crippen molar-refractivity contribution < 1.29 is 17.9 Å². The first-order valence-corrected chi connectivity index (χ1v) is 4.99. The summed E-state index contributed by atoms with van der Waals surface area (Å²) in [5.74, 6) is 0.316. The monoisotopic (exact) mass is 257 g/mol. The second-order valence-corrected chi connectivity index (χ2v) is 3.59. The molecular weight excluding hydrogens is 247 g/mol. The minimum Gasteiger partial charge on any atom is -0.497 e. The summed E-state index contributed by atoms with van der Waals surface area (Å²) in [5, 5.41) is 5.35. The van der Waals surface area contributed by atoms with Gasteiger partial charge in [0.15, 0.2) is 5.69 Å². The number of benzene rings is 1. The number of ether oxygens (including phenoxy) is 1. The van der Waals surface area contributed by atoms with E-state index in [0.29, 0.717) is 11.3 Å². The molecule has 18 heavy (non-hydrogen) atoms. The molecule has 1 heterocycles. The highest BCUT2D eigenvalue weighted by Crippen LogP contribution is 2.39. The Bertz CT molecular complexity index is 563. The Morgan fingerprint density at radius 1 is 1.33 bits per heavy atom. The van der Waals surface area contributed by atoms with Crippen molar-refractivity contribution in [1.29, 1.82) is 0 Å². The Morgan fingerprint density at radius 2 is 2.06 bits per heavy atom. The number of H-pyrrole nitrogens is 1. The highest BCUT2D eigenvalue weighted by Gasteiger charge is 2.38. The van der Waals surface area contributed by atoms with Crippen LogP contribution in [0.4, 0.5) is 19.0 Å². The summed E-state index contributed by atoms with van der Waals surface area (Å²) in [6, 6.07) is 6.20. The molecule has 4 nitrogen and oxygen atoms in total. The first-order valence-electron chi connectivity index (χ1n) is 4.99. The Morgan fingerprint density at radius 3 is 2.67 bits per heavy atom. The predicted molar refractivity (Wildman–Crippen MR) is 60.0 cm³/mol. The number of nitrogens with two attached hydrogens (primary N) is 1. The van der Waals surface area contributed by atoms with Crippen molar-refractivity contribution in [2.24, 2.45) is 0 Å². The Labute approximate surface area is 101 Å². The van der Waals surface area contributed by atoms with Crippen LogP contribution in [0.3, 0.4) is 0 Å². The smallest absolute Gasteiger partial charge is 0.435 e. The normalized spacial score (nSPS) is 11.6. The molecule has 0 aliphatic rings. The quantitative estimate of drug-likeness (QED) is 0.869. The minimum atomic E-state index is -4.56. The van der Waals surface area contributed by atoms with E-state index in [1.54, 1.807) is 12.1 Å². The number of rotatable bonds is 2. The summed E-state index contributed by atoms with van der Waals surface area (Å²) in [4.78, 5) is 0. The van der Waals surface area contributed by atoms with Gasteiger partial charge in [0, 0.05) is 0 Å². The van der Waals surface area contributed by atoms with Gasteiger partial charge in [-0.05, 0) is 17.7 Å². The summed E-state index contributed by atoms with van der Waals surface area (Å²) in [6.07, 6.45) is -4.56. The van der Waals surface area contributed by atoms with Crippen LogP contribution in [0.15, 0.2) is 24.3 Å². The zero-order chi connectivity index (χ0) is 13.3. The van der Waals surface area contributed by atoms with Gasteiger partial charge in [-0.1, -0.05) is 12.1 Å². The van der Waals surface area contributed by atoms with Gasteiger partial charge in [0.2, 0.25) is 0 Å². The van der Waals surface area contributed by atoms with Crippen LogP contribution in [-0.4, -0.2) is 17.3 Å². The lowest BCUT2D eigenvalue weighted by molar-refractivity contribution is -0.140. The molecule has 0 saturated heterocycles. The van der Waals surface area contributed by atoms with E-state index in [2.05, 4.69) is 10.2 Å². The summed E-state index contributed by atoms with van der Waals surface area (Å²) >= 11 is 0. The van der Waals surface area contributed by atoms with Crippen molar-refractivity contribution in [3.05, 3.63) is 30.0 Å². The van der Waals surface area contributed by atoms with Gasteiger partial charge >= 0.3 is 6.18 Å². The lowest BCUT2D eigenvalue weighted by Crippen LogP contribution is -2.07. The van der Waals surface area contributed by atoms with Gasteiger partial charge in [0.25, 0.3) is 0 Å². The number of hydrogen-bond acceptors (Lipinski definition) is 3. The maximum Gasteiger partial charge on any atom is 0.435 e. The predicted octanol–water partition coefficient (Wildman–Crippen LogP) is 2.69. The molecule has 96 valence electrons. The lowest BCUT2D eigenvalue weighted by Gasteiger charge is -2.08. The average molecular weight is 257 g/mol. The van der Waals surface area contributed by atoms with E-state index in [1.165, 1.54) is 19.2 Å². The number of aromatic amines is 1. The van der Waals surface area contributed by atoms with Crippen molar-refractivity contribution in [1.82, 2.24) is 10.2 Å². The highest BCUT2D eigenvalue weighted by molar-refractivity contribution is 5.77. The molecular formula is C11H10F3N3O. The van der Waals surface area contributed by atoms with E-state index >= 15 is 0 Å². The number of halogens is 3. The molecule has 0 spiro atoms. The van der Waals surface area contributed by atoms with Gasteiger partial charge in [-0.15, -0.1) is 0 Å². The van der Waals surface area contributed by atoms with Crippen LogP contribution in [-0.2, 0) is 6.18 Å². The van der Waals surface area contributed by atoms with E-state index in [4.69, 9.17) is 10.5 Å². The molecule has 0 aliphatic carbocycles. The number of nitrogens with zero attached hydrogens (tertiary/aromatic N) is 1. The van der Waals surface area contributed by atoms with Gasteiger partial charge in [0.05, 0.1) is 12.7 Å². The molecule has 1 aromatic heterocycles. The zero-order valence-corrected chi connectivity index (χ0v) is 9.38. The van der Waals surface area contributed by atoms with Gasteiger partial charge < -0.3 is 10.5 Å². The van der Waals surface area contributed by atoms with E-state index in [1.807, 2.05) is 0 Å². The fraction of sp³-hybridized carbons (Fsp3) is 0.182.